The molecule has 1 saturated heterocycles. The highest BCUT2D eigenvalue weighted by Crippen LogP contribution is 2.33. The van der Waals surface area contributed by atoms with Crippen molar-refractivity contribution in [2.75, 3.05) is 13.1 Å². The van der Waals surface area contributed by atoms with Crippen molar-refractivity contribution in [2.45, 2.75) is 50.8 Å². The summed E-state index contributed by atoms with van der Waals surface area (Å²) < 4.78 is 32.0. The van der Waals surface area contributed by atoms with Gasteiger partial charge >= 0.3 is 0 Å². The van der Waals surface area contributed by atoms with Gasteiger partial charge in [0.2, 0.25) is 5.09 Å². The van der Waals surface area contributed by atoms with E-state index < -0.39 is 10.0 Å². The molecule has 0 amide bonds. The van der Waals surface area contributed by atoms with Gasteiger partial charge in [-0.3, -0.25) is 0 Å². The summed E-state index contributed by atoms with van der Waals surface area (Å²) in [5.74, 6) is 0.689. The summed E-state index contributed by atoms with van der Waals surface area (Å²) in [4.78, 5) is 0. The molecule has 20 heavy (non-hydrogen) atoms. The highest BCUT2D eigenvalue weighted by molar-refractivity contribution is 7.89. The lowest BCUT2D eigenvalue weighted by atomic mass is 9.93. The van der Waals surface area contributed by atoms with E-state index in [0.717, 1.165) is 6.42 Å². The third-order valence-corrected chi connectivity index (χ3v) is 5.74. The van der Waals surface area contributed by atoms with Gasteiger partial charge in [0.1, 0.15) is 5.76 Å². The molecule has 0 unspecified atom stereocenters. The fourth-order valence-corrected chi connectivity index (χ4v) is 4.08. The fraction of sp³-hybridized carbons (Fsp3) is 0.714. The average Bonchev–Trinajstić information content (AvgIpc) is 2.93. The molecule has 1 aromatic rings. The second kappa shape index (κ2) is 4.86. The predicted octanol–water partition coefficient (Wildman–Crippen LogP) is 1.95. The minimum absolute atomic E-state index is 0.0516. The van der Waals surface area contributed by atoms with Gasteiger partial charge in [-0.05, 0) is 36.8 Å². The summed E-state index contributed by atoms with van der Waals surface area (Å²) in [7, 11) is -3.47. The first-order valence-electron chi connectivity index (χ1n) is 7.19. The van der Waals surface area contributed by atoms with Crippen LogP contribution in [0, 0.1) is 5.41 Å². The van der Waals surface area contributed by atoms with Crippen LogP contribution in [0.1, 0.15) is 38.9 Å². The fourth-order valence-electron chi connectivity index (χ4n) is 2.52. The molecular formula is C14H22N2O3S. The van der Waals surface area contributed by atoms with Gasteiger partial charge in [-0.1, -0.05) is 13.8 Å². The van der Waals surface area contributed by atoms with Crippen molar-refractivity contribution in [3.63, 3.8) is 0 Å². The standard InChI is InChI=1S/C14H22N2O3S/c1-14(2)7-8-16(10-14)20(17,18)13-6-5-12(19-13)9-15-11-3-4-11/h5-6,11,15H,3-4,7-10H2,1-2H3. The van der Waals surface area contributed by atoms with E-state index in [1.807, 2.05) is 0 Å². The molecule has 6 heteroatoms. The Morgan fingerprint density at radius 3 is 2.75 bits per heavy atom. The summed E-state index contributed by atoms with van der Waals surface area (Å²) >= 11 is 0. The lowest BCUT2D eigenvalue weighted by Gasteiger charge is -2.18. The molecule has 2 heterocycles. The van der Waals surface area contributed by atoms with Gasteiger partial charge in [0, 0.05) is 19.1 Å². The minimum atomic E-state index is -3.47. The molecule has 1 aliphatic carbocycles. The molecule has 112 valence electrons. The minimum Gasteiger partial charge on any atom is -0.447 e. The molecule has 2 aliphatic rings. The van der Waals surface area contributed by atoms with Crippen LogP contribution in [0.3, 0.4) is 0 Å². The van der Waals surface area contributed by atoms with Crippen LogP contribution in [0.5, 0.6) is 0 Å². The van der Waals surface area contributed by atoms with Crippen LogP contribution in [0.25, 0.3) is 0 Å². The van der Waals surface area contributed by atoms with E-state index in [2.05, 4.69) is 19.2 Å². The van der Waals surface area contributed by atoms with E-state index >= 15 is 0 Å². The van der Waals surface area contributed by atoms with Gasteiger partial charge in [0.05, 0.1) is 6.54 Å². The quantitative estimate of drug-likeness (QED) is 0.902. The van der Waals surface area contributed by atoms with Gasteiger partial charge in [-0.25, -0.2) is 8.42 Å². The van der Waals surface area contributed by atoms with Crippen molar-refractivity contribution >= 4 is 10.0 Å². The molecule has 1 aromatic heterocycles. The van der Waals surface area contributed by atoms with E-state index in [1.54, 1.807) is 12.1 Å². The first-order chi connectivity index (χ1) is 9.37. The normalized spacial score (nSPS) is 23.3. The highest BCUT2D eigenvalue weighted by atomic mass is 32.2. The molecule has 1 N–H and O–H groups in total. The van der Waals surface area contributed by atoms with Crippen molar-refractivity contribution in [1.82, 2.24) is 9.62 Å². The molecule has 2 fully saturated rings. The molecule has 0 atom stereocenters. The number of hydrogen-bond acceptors (Lipinski definition) is 4. The Morgan fingerprint density at radius 1 is 1.40 bits per heavy atom. The van der Waals surface area contributed by atoms with Crippen LogP contribution < -0.4 is 5.32 Å². The number of sulfonamides is 1. The average molecular weight is 298 g/mol. The van der Waals surface area contributed by atoms with Crippen LogP contribution in [-0.4, -0.2) is 31.9 Å². The molecule has 0 radical (unpaired) electrons. The molecule has 0 spiro atoms. The lowest BCUT2D eigenvalue weighted by molar-refractivity contribution is 0.356. The Morgan fingerprint density at radius 2 is 2.15 bits per heavy atom. The number of furan rings is 1. The largest absolute Gasteiger partial charge is 0.447 e. The Kier molecular flexibility index (Phi) is 3.43. The second-order valence-electron chi connectivity index (χ2n) is 6.63. The van der Waals surface area contributed by atoms with Crippen LogP contribution in [-0.2, 0) is 16.6 Å². The molecule has 1 aliphatic heterocycles. The zero-order valence-electron chi connectivity index (χ0n) is 12.1. The van der Waals surface area contributed by atoms with Gasteiger partial charge in [0.25, 0.3) is 10.0 Å². The van der Waals surface area contributed by atoms with E-state index in [1.165, 1.54) is 17.1 Å². The Balaban J connectivity index is 1.70. The topological polar surface area (TPSA) is 62.6 Å². The first kappa shape index (κ1) is 14.1. The Bertz CT molecular complexity index is 587. The van der Waals surface area contributed by atoms with E-state index in [4.69, 9.17) is 4.42 Å². The van der Waals surface area contributed by atoms with E-state index in [-0.39, 0.29) is 10.5 Å². The molecule has 5 nitrogen and oxygen atoms in total. The van der Waals surface area contributed by atoms with Crippen LogP contribution in [0.4, 0.5) is 0 Å². The molecule has 0 bridgehead atoms. The summed E-state index contributed by atoms with van der Waals surface area (Å²) in [6.07, 6.45) is 3.30. The summed E-state index contributed by atoms with van der Waals surface area (Å²) in [6.45, 7) is 5.92. The Hall–Kier alpha value is -0.850. The van der Waals surface area contributed by atoms with Crippen LogP contribution >= 0.6 is 0 Å². The SMILES string of the molecule is CC1(C)CCN(S(=O)(=O)c2ccc(CNC3CC3)o2)C1. The maximum absolute atomic E-state index is 12.5. The molecule has 1 saturated carbocycles. The van der Waals surface area contributed by atoms with Crippen LogP contribution in [0.2, 0.25) is 0 Å². The van der Waals surface area contributed by atoms with Gasteiger partial charge in [0.15, 0.2) is 0 Å². The number of rotatable bonds is 5. The van der Waals surface area contributed by atoms with Crippen molar-refractivity contribution in [1.29, 1.82) is 0 Å². The first-order valence-corrected chi connectivity index (χ1v) is 8.63. The third kappa shape index (κ3) is 2.92. The van der Waals surface area contributed by atoms with E-state index in [9.17, 15) is 8.42 Å². The van der Waals surface area contributed by atoms with Gasteiger partial charge in [-0.2, -0.15) is 4.31 Å². The highest BCUT2D eigenvalue weighted by Gasteiger charge is 2.38. The second-order valence-corrected chi connectivity index (χ2v) is 8.50. The number of nitrogens with zero attached hydrogens (tertiary/aromatic N) is 1. The molecule has 3 rings (SSSR count). The Labute approximate surface area is 120 Å². The summed E-state index contributed by atoms with van der Waals surface area (Å²) in [6, 6.07) is 3.91. The van der Waals surface area contributed by atoms with Gasteiger partial charge in [-0.15, -0.1) is 0 Å². The smallest absolute Gasteiger partial charge is 0.276 e. The molecule has 0 aromatic carbocycles. The maximum atomic E-state index is 12.5. The van der Waals surface area contributed by atoms with Crippen LogP contribution in [0.15, 0.2) is 21.6 Å². The number of hydrogen-bond donors (Lipinski definition) is 1. The summed E-state index contributed by atoms with van der Waals surface area (Å²) in [5, 5.41) is 3.39. The van der Waals surface area contributed by atoms with Gasteiger partial charge < -0.3 is 9.73 Å². The zero-order chi connectivity index (χ0) is 14.4. The zero-order valence-corrected chi connectivity index (χ0v) is 12.9. The van der Waals surface area contributed by atoms with Crippen molar-refractivity contribution < 1.29 is 12.8 Å². The number of nitrogens with one attached hydrogen (secondary N) is 1. The van der Waals surface area contributed by atoms with Crippen molar-refractivity contribution in [3.8, 4) is 0 Å². The van der Waals surface area contributed by atoms with Crippen molar-refractivity contribution in [2.24, 2.45) is 5.41 Å². The predicted molar refractivity (Wildman–Crippen MR) is 75.7 cm³/mol. The summed E-state index contributed by atoms with van der Waals surface area (Å²) in [5.41, 5.74) is 0.0516. The lowest BCUT2D eigenvalue weighted by Crippen LogP contribution is -2.30. The third-order valence-electron chi connectivity index (χ3n) is 4.02. The van der Waals surface area contributed by atoms with E-state index in [0.29, 0.717) is 31.4 Å². The maximum Gasteiger partial charge on any atom is 0.276 e. The van der Waals surface area contributed by atoms with Crippen molar-refractivity contribution in [3.05, 3.63) is 17.9 Å². The molecular weight excluding hydrogens is 276 g/mol. The monoisotopic (exact) mass is 298 g/mol.